The number of hydrogen-bond acceptors (Lipinski definition) is 0. The van der Waals surface area contributed by atoms with Crippen LogP contribution in [0, 0.1) is 29.3 Å². The predicted molar refractivity (Wildman–Crippen MR) is 105 cm³/mol. The molecule has 0 unspecified atom stereocenters. The summed E-state index contributed by atoms with van der Waals surface area (Å²) in [4.78, 5) is 0. The summed E-state index contributed by atoms with van der Waals surface area (Å²) in [6.45, 7) is 2.29. The molecule has 146 valence electrons. The Labute approximate surface area is 158 Å². The number of rotatable bonds is 6. The molecule has 0 aromatic heterocycles. The van der Waals surface area contributed by atoms with Crippen LogP contribution in [0.1, 0.15) is 82.6 Å². The third kappa shape index (κ3) is 4.93. The lowest BCUT2D eigenvalue weighted by atomic mass is 9.70. The van der Waals surface area contributed by atoms with E-state index in [0.717, 1.165) is 43.1 Å². The molecule has 0 aliphatic heterocycles. The van der Waals surface area contributed by atoms with Crippen LogP contribution in [-0.4, -0.2) is 9.52 Å². The summed E-state index contributed by atoms with van der Waals surface area (Å²) in [6.07, 6.45) is 12.8. The van der Waals surface area contributed by atoms with E-state index in [4.69, 9.17) is 0 Å². The van der Waals surface area contributed by atoms with Gasteiger partial charge in [0.15, 0.2) is 17.5 Å². The molecule has 0 heterocycles. The van der Waals surface area contributed by atoms with E-state index in [2.05, 4.69) is 6.92 Å². The van der Waals surface area contributed by atoms with Gasteiger partial charge in [-0.3, -0.25) is 0 Å². The first-order valence-corrected chi connectivity index (χ1v) is 12.5. The minimum Gasteiger partial charge on any atom is -0.204 e. The van der Waals surface area contributed by atoms with Gasteiger partial charge in [-0.25, -0.2) is 13.2 Å². The van der Waals surface area contributed by atoms with Crippen molar-refractivity contribution in [3.63, 3.8) is 0 Å². The van der Waals surface area contributed by atoms with E-state index in [9.17, 15) is 13.2 Å². The summed E-state index contributed by atoms with van der Waals surface area (Å²) >= 11 is 0. The maximum Gasteiger partial charge on any atom is 0.194 e. The van der Waals surface area contributed by atoms with Crippen LogP contribution in [0.4, 0.5) is 13.2 Å². The molecule has 0 atom stereocenters. The fraction of sp³-hybridized carbons (Fsp3) is 0.727. The van der Waals surface area contributed by atoms with Crippen molar-refractivity contribution in [1.82, 2.24) is 0 Å². The van der Waals surface area contributed by atoms with Crippen LogP contribution in [0.3, 0.4) is 0 Å². The van der Waals surface area contributed by atoms with Gasteiger partial charge in [-0.05, 0) is 61.1 Å². The zero-order valence-electron chi connectivity index (χ0n) is 16.1. The van der Waals surface area contributed by atoms with E-state index in [1.807, 2.05) is 0 Å². The third-order valence-electron chi connectivity index (χ3n) is 7.02. The van der Waals surface area contributed by atoms with Gasteiger partial charge in [0.2, 0.25) is 0 Å². The van der Waals surface area contributed by atoms with E-state index >= 15 is 0 Å². The van der Waals surface area contributed by atoms with Gasteiger partial charge < -0.3 is 0 Å². The molecule has 0 bridgehead atoms. The zero-order valence-corrected chi connectivity index (χ0v) is 17.5. The van der Waals surface area contributed by atoms with E-state index in [1.54, 1.807) is 0 Å². The molecular formula is C22H33F3Si. The summed E-state index contributed by atoms with van der Waals surface area (Å²) < 4.78 is 40.2. The first-order valence-electron chi connectivity index (χ1n) is 10.7. The Bertz CT molecular complexity index is 550. The summed E-state index contributed by atoms with van der Waals surface area (Å²) in [5.74, 6) is -1.59. The van der Waals surface area contributed by atoms with Crippen LogP contribution in [-0.2, 0) is 0 Å². The number of benzene rings is 1. The van der Waals surface area contributed by atoms with Crippen LogP contribution >= 0.6 is 0 Å². The normalized spacial score (nSPS) is 30.2. The number of hydrogen-bond donors (Lipinski definition) is 0. The molecule has 0 spiro atoms. The molecule has 2 saturated carbocycles. The molecule has 1 aromatic rings. The van der Waals surface area contributed by atoms with Crippen molar-refractivity contribution in [3.05, 3.63) is 35.1 Å². The standard InChI is InChI=1S/C22H33F3Si/c1-2-3-12-26-19-10-8-16(9-11-19)15-4-6-17(7-5-15)18-13-20(23)22(25)21(24)14-18/h13-17,19H,2-12,26H2,1H3. The van der Waals surface area contributed by atoms with Gasteiger partial charge in [-0.2, -0.15) is 0 Å². The number of unbranched alkanes of at least 4 members (excludes halogenated alkanes) is 1. The van der Waals surface area contributed by atoms with Crippen molar-refractivity contribution in [3.8, 4) is 0 Å². The van der Waals surface area contributed by atoms with Gasteiger partial charge in [0.05, 0.1) is 0 Å². The largest absolute Gasteiger partial charge is 0.204 e. The predicted octanol–water partition coefficient (Wildman–Crippen LogP) is 6.74. The van der Waals surface area contributed by atoms with E-state index in [-0.39, 0.29) is 15.4 Å². The average molecular weight is 383 g/mol. The highest BCUT2D eigenvalue weighted by Crippen LogP contribution is 2.45. The van der Waals surface area contributed by atoms with E-state index in [0.29, 0.717) is 5.56 Å². The maximum atomic E-state index is 13.5. The summed E-state index contributed by atoms with van der Waals surface area (Å²) in [5.41, 5.74) is 1.73. The van der Waals surface area contributed by atoms with Gasteiger partial charge in [0.25, 0.3) is 0 Å². The Morgan fingerprint density at radius 1 is 0.846 bits per heavy atom. The number of halogens is 3. The lowest BCUT2D eigenvalue weighted by Crippen LogP contribution is -2.25. The Hall–Kier alpha value is -0.773. The van der Waals surface area contributed by atoms with Gasteiger partial charge in [0, 0.05) is 9.52 Å². The molecule has 0 radical (unpaired) electrons. The highest BCUT2D eigenvalue weighted by molar-refractivity contribution is 6.37. The Kier molecular flexibility index (Phi) is 7.25. The molecule has 2 aliphatic carbocycles. The molecule has 2 fully saturated rings. The molecular weight excluding hydrogens is 349 g/mol. The Morgan fingerprint density at radius 3 is 1.92 bits per heavy atom. The molecule has 0 N–H and O–H groups in total. The highest BCUT2D eigenvalue weighted by Gasteiger charge is 2.31. The maximum absolute atomic E-state index is 13.5. The molecule has 0 saturated heterocycles. The summed E-state index contributed by atoms with van der Waals surface area (Å²) in [5, 5.41) is 0. The second kappa shape index (κ2) is 9.43. The SMILES string of the molecule is CCCC[SiH2]C1CCC(C2CCC(c3cc(F)c(F)c(F)c3)CC2)CC1. The molecule has 3 rings (SSSR count). The minimum absolute atomic E-state index is 0.147. The average Bonchev–Trinajstić information content (AvgIpc) is 2.67. The highest BCUT2D eigenvalue weighted by atomic mass is 28.2. The van der Waals surface area contributed by atoms with Gasteiger partial charge in [-0.1, -0.05) is 57.0 Å². The second-order valence-corrected chi connectivity index (χ2v) is 11.1. The van der Waals surface area contributed by atoms with Gasteiger partial charge in [-0.15, -0.1) is 0 Å². The lowest BCUT2D eigenvalue weighted by Gasteiger charge is -2.38. The molecule has 0 amide bonds. The van der Waals surface area contributed by atoms with Crippen LogP contribution in [0.5, 0.6) is 0 Å². The molecule has 0 nitrogen and oxygen atoms in total. The fourth-order valence-electron chi connectivity index (χ4n) is 5.37. The topological polar surface area (TPSA) is 0 Å². The second-order valence-electron chi connectivity index (χ2n) is 8.69. The minimum atomic E-state index is -1.35. The lowest BCUT2D eigenvalue weighted by molar-refractivity contribution is 0.185. The Morgan fingerprint density at radius 2 is 1.38 bits per heavy atom. The van der Waals surface area contributed by atoms with Gasteiger partial charge in [0.1, 0.15) is 0 Å². The molecule has 4 heteroatoms. The van der Waals surface area contributed by atoms with Crippen molar-refractivity contribution in [2.24, 2.45) is 11.8 Å². The van der Waals surface area contributed by atoms with Crippen molar-refractivity contribution in [2.75, 3.05) is 0 Å². The monoisotopic (exact) mass is 382 g/mol. The van der Waals surface area contributed by atoms with Crippen molar-refractivity contribution >= 4 is 9.52 Å². The Balaban J connectivity index is 1.46. The van der Waals surface area contributed by atoms with Crippen LogP contribution < -0.4 is 0 Å². The fourth-order valence-corrected chi connectivity index (χ4v) is 7.78. The van der Waals surface area contributed by atoms with Crippen LogP contribution in [0.25, 0.3) is 0 Å². The van der Waals surface area contributed by atoms with Crippen molar-refractivity contribution < 1.29 is 13.2 Å². The van der Waals surface area contributed by atoms with Crippen molar-refractivity contribution in [1.29, 1.82) is 0 Å². The smallest absolute Gasteiger partial charge is 0.194 e. The summed E-state index contributed by atoms with van der Waals surface area (Å²) in [7, 11) is 0.147. The molecule has 1 aromatic carbocycles. The van der Waals surface area contributed by atoms with Crippen LogP contribution in [0.2, 0.25) is 11.6 Å². The first-order chi connectivity index (χ1) is 12.6. The quantitative estimate of drug-likeness (QED) is 0.290. The first kappa shape index (κ1) is 20.0. The van der Waals surface area contributed by atoms with E-state index in [1.165, 1.54) is 56.7 Å². The van der Waals surface area contributed by atoms with Gasteiger partial charge >= 0.3 is 0 Å². The molecule has 2 aliphatic rings. The van der Waals surface area contributed by atoms with E-state index < -0.39 is 17.5 Å². The summed E-state index contributed by atoms with van der Waals surface area (Å²) in [6, 6.07) is 3.94. The zero-order chi connectivity index (χ0) is 18.5. The molecule has 26 heavy (non-hydrogen) atoms. The van der Waals surface area contributed by atoms with Crippen LogP contribution in [0.15, 0.2) is 12.1 Å². The third-order valence-corrected chi connectivity index (χ3v) is 9.56. The van der Waals surface area contributed by atoms with Crippen molar-refractivity contribution in [2.45, 2.75) is 88.6 Å².